The third-order valence-electron chi connectivity index (χ3n) is 5.52. The van der Waals surface area contributed by atoms with Gasteiger partial charge in [-0.1, -0.05) is 60.7 Å². The summed E-state index contributed by atoms with van der Waals surface area (Å²) in [7, 11) is 0. The van der Waals surface area contributed by atoms with Crippen LogP contribution in [0.4, 0.5) is 17.8 Å². The fourth-order valence-electron chi connectivity index (χ4n) is 3.75. The Kier molecular flexibility index (Phi) is 7.92. The van der Waals surface area contributed by atoms with E-state index in [0.29, 0.717) is 56.3 Å². The van der Waals surface area contributed by atoms with Gasteiger partial charge < -0.3 is 20.1 Å². The van der Waals surface area contributed by atoms with Crippen molar-refractivity contribution in [3.8, 4) is 5.75 Å². The molecule has 1 saturated heterocycles. The number of benzene rings is 3. The molecule has 0 unspecified atom stereocenters. The smallest absolute Gasteiger partial charge is 0.250 e. The summed E-state index contributed by atoms with van der Waals surface area (Å²) in [6.07, 6.45) is 1.58. The maximum absolute atomic E-state index is 10.4. The second-order valence-electron chi connectivity index (χ2n) is 7.81. The van der Waals surface area contributed by atoms with Crippen LogP contribution in [0.15, 0.2) is 71.8 Å². The lowest BCUT2D eigenvalue weighted by Crippen LogP contribution is -2.37. The van der Waals surface area contributed by atoms with E-state index in [4.69, 9.17) is 4.74 Å². The Balaban J connectivity index is 0.00000289. The molecular formula is C25H26ClN7O2. The molecule has 1 fully saturated rings. The van der Waals surface area contributed by atoms with E-state index in [1.165, 1.54) is 0 Å². The molecule has 1 aromatic heterocycles. The first-order chi connectivity index (χ1) is 16.8. The number of morpholine rings is 1. The molecule has 5 rings (SSSR count). The van der Waals surface area contributed by atoms with Crippen molar-refractivity contribution in [2.45, 2.75) is 6.54 Å². The van der Waals surface area contributed by atoms with E-state index >= 15 is 0 Å². The van der Waals surface area contributed by atoms with Crippen molar-refractivity contribution >= 4 is 47.2 Å². The zero-order chi connectivity index (χ0) is 23.2. The topological polar surface area (TPSA) is 108 Å². The van der Waals surface area contributed by atoms with Gasteiger partial charge in [-0.05, 0) is 22.4 Å². The molecule has 3 aromatic carbocycles. The van der Waals surface area contributed by atoms with Crippen LogP contribution in [-0.4, -0.2) is 52.6 Å². The van der Waals surface area contributed by atoms with Crippen LogP contribution in [0.1, 0.15) is 11.1 Å². The lowest BCUT2D eigenvalue weighted by molar-refractivity contribution is 0.122. The Morgan fingerprint density at radius 1 is 0.914 bits per heavy atom. The van der Waals surface area contributed by atoms with Gasteiger partial charge in [0.1, 0.15) is 5.75 Å². The Morgan fingerprint density at radius 2 is 1.66 bits per heavy atom. The second kappa shape index (κ2) is 11.5. The molecule has 1 aliphatic rings. The van der Waals surface area contributed by atoms with Gasteiger partial charge in [0.15, 0.2) is 0 Å². The van der Waals surface area contributed by atoms with Crippen LogP contribution in [0.3, 0.4) is 0 Å². The number of phenolic OH excluding ortho intramolecular Hbond substituents is 1. The minimum Gasteiger partial charge on any atom is -0.507 e. The molecule has 0 atom stereocenters. The molecule has 9 nitrogen and oxygen atoms in total. The van der Waals surface area contributed by atoms with Gasteiger partial charge in [0.25, 0.3) is 0 Å². The lowest BCUT2D eigenvalue weighted by atomic mass is 10.0. The third kappa shape index (κ3) is 5.95. The van der Waals surface area contributed by atoms with Gasteiger partial charge in [-0.25, -0.2) is 5.43 Å². The number of halogens is 1. The first kappa shape index (κ1) is 24.2. The molecule has 0 spiro atoms. The summed E-state index contributed by atoms with van der Waals surface area (Å²) in [4.78, 5) is 15.7. The van der Waals surface area contributed by atoms with E-state index in [0.717, 1.165) is 16.3 Å². The maximum atomic E-state index is 10.4. The molecule has 0 radical (unpaired) electrons. The van der Waals surface area contributed by atoms with Crippen molar-refractivity contribution in [1.82, 2.24) is 15.0 Å². The highest BCUT2D eigenvalue weighted by molar-refractivity contribution is 6.02. The van der Waals surface area contributed by atoms with E-state index in [2.05, 4.69) is 35.7 Å². The quantitative estimate of drug-likeness (QED) is 0.262. The molecule has 1 aliphatic heterocycles. The maximum Gasteiger partial charge on any atom is 0.250 e. The number of hydrazone groups is 1. The predicted molar refractivity (Wildman–Crippen MR) is 141 cm³/mol. The molecule has 2 heterocycles. The van der Waals surface area contributed by atoms with E-state index in [9.17, 15) is 5.11 Å². The summed E-state index contributed by atoms with van der Waals surface area (Å²) in [6.45, 7) is 3.24. The first-order valence-corrected chi connectivity index (χ1v) is 11.1. The Morgan fingerprint density at radius 3 is 2.49 bits per heavy atom. The van der Waals surface area contributed by atoms with Crippen LogP contribution in [0.2, 0.25) is 0 Å². The van der Waals surface area contributed by atoms with Crippen LogP contribution in [0.5, 0.6) is 5.75 Å². The standard InChI is InChI=1S/C25H25N7O2.ClH/c33-22-11-10-19-8-4-5-9-20(19)21(22)17-27-31-24-28-23(26-16-18-6-2-1-3-7-18)29-25(30-24)32-12-14-34-15-13-32;/h1-11,17,33H,12-16H2,(H2,26,28,29,30,31);1H. The summed E-state index contributed by atoms with van der Waals surface area (Å²) in [5.74, 6) is 1.47. The number of ether oxygens (including phenoxy) is 1. The van der Waals surface area contributed by atoms with Gasteiger partial charge in [-0.3, -0.25) is 0 Å². The van der Waals surface area contributed by atoms with Gasteiger partial charge in [0, 0.05) is 25.2 Å². The summed E-state index contributed by atoms with van der Waals surface area (Å²) >= 11 is 0. The van der Waals surface area contributed by atoms with Crippen molar-refractivity contribution in [3.05, 3.63) is 77.9 Å². The van der Waals surface area contributed by atoms with Gasteiger partial charge >= 0.3 is 0 Å². The first-order valence-electron chi connectivity index (χ1n) is 11.1. The minimum absolute atomic E-state index is 0. The molecule has 4 aromatic rings. The molecular weight excluding hydrogens is 466 g/mol. The minimum atomic E-state index is 0. The zero-order valence-electron chi connectivity index (χ0n) is 19.0. The molecule has 0 saturated carbocycles. The number of aromatic nitrogens is 3. The summed E-state index contributed by atoms with van der Waals surface area (Å²) in [6, 6.07) is 21.4. The van der Waals surface area contributed by atoms with E-state index < -0.39 is 0 Å². The Hall–Kier alpha value is -3.95. The van der Waals surface area contributed by atoms with Crippen LogP contribution in [0.25, 0.3) is 10.8 Å². The Labute approximate surface area is 209 Å². The highest BCUT2D eigenvalue weighted by atomic mass is 35.5. The van der Waals surface area contributed by atoms with Gasteiger partial charge in [0.2, 0.25) is 17.8 Å². The zero-order valence-corrected chi connectivity index (χ0v) is 19.8. The SMILES string of the molecule is Cl.Oc1ccc2ccccc2c1C=NNc1nc(NCc2ccccc2)nc(N2CCOCC2)n1. The number of anilines is 3. The lowest BCUT2D eigenvalue weighted by Gasteiger charge is -2.27. The van der Waals surface area contributed by atoms with Crippen LogP contribution < -0.4 is 15.6 Å². The summed E-state index contributed by atoms with van der Waals surface area (Å²) in [5, 5.41) is 19.9. The van der Waals surface area contributed by atoms with Crippen LogP contribution in [-0.2, 0) is 11.3 Å². The predicted octanol–water partition coefficient (Wildman–Crippen LogP) is 4.05. The number of rotatable bonds is 7. The highest BCUT2D eigenvalue weighted by Gasteiger charge is 2.16. The molecule has 180 valence electrons. The fourth-order valence-corrected chi connectivity index (χ4v) is 3.75. The van der Waals surface area contributed by atoms with Crippen LogP contribution >= 0.6 is 12.4 Å². The molecule has 3 N–H and O–H groups in total. The van der Waals surface area contributed by atoms with Crippen molar-refractivity contribution < 1.29 is 9.84 Å². The largest absolute Gasteiger partial charge is 0.507 e. The third-order valence-corrected chi connectivity index (χ3v) is 5.52. The van der Waals surface area contributed by atoms with Gasteiger partial charge in [-0.15, -0.1) is 12.4 Å². The molecule has 35 heavy (non-hydrogen) atoms. The monoisotopic (exact) mass is 491 g/mol. The summed E-state index contributed by atoms with van der Waals surface area (Å²) < 4.78 is 5.46. The molecule has 10 heteroatoms. The van der Waals surface area contributed by atoms with Gasteiger partial charge in [-0.2, -0.15) is 20.1 Å². The second-order valence-corrected chi connectivity index (χ2v) is 7.81. The molecule has 0 bridgehead atoms. The number of hydrogen-bond donors (Lipinski definition) is 3. The number of aromatic hydroxyl groups is 1. The van der Waals surface area contributed by atoms with Crippen molar-refractivity contribution in [1.29, 1.82) is 0 Å². The van der Waals surface area contributed by atoms with E-state index in [-0.39, 0.29) is 18.2 Å². The van der Waals surface area contributed by atoms with E-state index in [1.54, 1.807) is 12.3 Å². The highest BCUT2D eigenvalue weighted by Crippen LogP contribution is 2.25. The number of phenols is 1. The number of nitrogens with one attached hydrogen (secondary N) is 2. The van der Waals surface area contributed by atoms with Crippen molar-refractivity contribution in [2.24, 2.45) is 5.10 Å². The number of nitrogens with zero attached hydrogens (tertiary/aromatic N) is 5. The number of fused-ring (bicyclic) bond motifs is 1. The Bertz CT molecular complexity index is 1300. The van der Waals surface area contributed by atoms with Crippen molar-refractivity contribution in [2.75, 3.05) is 41.9 Å². The van der Waals surface area contributed by atoms with E-state index in [1.807, 2.05) is 60.7 Å². The average molecular weight is 492 g/mol. The fraction of sp³-hybridized carbons (Fsp3) is 0.200. The van der Waals surface area contributed by atoms with Crippen molar-refractivity contribution in [3.63, 3.8) is 0 Å². The van der Waals surface area contributed by atoms with Gasteiger partial charge in [0.05, 0.1) is 19.4 Å². The summed E-state index contributed by atoms with van der Waals surface area (Å²) in [5.41, 5.74) is 4.64. The normalized spacial score (nSPS) is 13.5. The molecule has 0 amide bonds. The average Bonchev–Trinajstić information content (AvgIpc) is 2.90. The number of hydrogen-bond acceptors (Lipinski definition) is 9. The molecule has 0 aliphatic carbocycles. The van der Waals surface area contributed by atoms with Crippen LogP contribution in [0, 0.1) is 0 Å².